The van der Waals surface area contributed by atoms with Crippen LogP contribution in [-0.2, 0) is 16.1 Å². The maximum absolute atomic E-state index is 13.6. The summed E-state index contributed by atoms with van der Waals surface area (Å²) in [5.74, 6) is -0.0559. The van der Waals surface area contributed by atoms with Crippen LogP contribution in [0.15, 0.2) is 70.5 Å². The molecular formula is C24H24N4O5. The molecule has 2 heterocycles. The number of aromatic nitrogens is 4. The van der Waals surface area contributed by atoms with Gasteiger partial charge in [0.15, 0.2) is 11.2 Å². The fourth-order valence-electron chi connectivity index (χ4n) is 3.75. The maximum Gasteiger partial charge on any atom is 0.337 e. The molecule has 0 saturated heterocycles. The van der Waals surface area contributed by atoms with Gasteiger partial charge >= 0.3 is 11.7 Å². The van der Waals surface area contributed by atoms with Crippen LogP contribution >= 0.6 is 0 Å². The largest absolute Gasteiger partial charge is 0.495 e. The Morgan fingerprint density at radius 2 is 1.76 bits per heavy atom. The zero-order chi connectivity index (χ0) is 23.5. The summed E-state index contributed by atoms with van der Waals surface area (Å²) in [6.07, 6.45) is 1.38. The number of fused-ring (bicyclic) bond motifs is 1. The lowest BCUT2D eigenvalue weighted by Gasteiger charge is -2.16. The summed E-state index contributed by atoms with van der Waals surface area (Å²) < 4.78 is 14.5. The van der Waals surface area contributed by atoms with Crippen molar-refractivity contribution < 1.29 is 14.3 Å². The van der Waals surface area contributed by atoms with Crippen LogP contribution in [0.2, 0.25) is 0 Å². The molecule has 4 aromatic rings. The van der Waals surface area contributed by atoms with E-state index in [2.05, 4.69) is 4.98 Å². The van der Waals surface area contributed by atoms with Crippen molar-refractivity contribution in [3.63, 3.8) is 0 Å². The van der Waals surface area contributed by atoms with Crippen molar-refractivity contribution >= 4 is 17.1 Å². The highest BCUT2D eigenvalue weighted by atomic mass is 16.5. The Hall–Kier alpha value is -4.14. The molecule has 1 atom stereocenters. The molecule has 0 amide bonds. The topological polar surface area (TPSA) is 97.4 Å². The van der Waals surface area contributed by atoms with Crippen LogP contribution < -0.4 is 16.0 Å². The predicted octanol–water partition coefficient (Wildman–Crippen LogP) is 2.53. The number of rotatable bonds is 7. The first-order chi connectivity index (χ1) is 16.0. The van der Waals surface area contributed by atoms with E-state index in [4.69, 9.17) is 9.47 Å². The van der Waals surface area contributed by atoms with Gasteiger partial charge in [0.1, 0.15) is 11.8 Å². The van der Waals surface area contributed by atoms with Gasteiger partial charge in [0.2, 0.25) is 0 Å². The third-order valence-corrected chi connectivity index (χ3v) is 5.41. The predicted molar refractivity (Wildman–Crippen MR) is 123 cm³/mol. The summed E-state index contributed by atoms with van der Waals surface area (Å²) in [5, 5.41) is 0. The summed E-state index contributed by atoms with van der Waals surface area (Å²) >= 11 is 0. The molecule has 1 unspecified atom stereocenters. The van der Waals surface area contributed by atoms with Crippen LogP contribution in [0.3, 0.4) is 0 Å². The molecule has 2 aromatic heterocycles. The van der Waals surface area contributed by atoms with E-state index in [1.165, 1.54) is 22.6 Å². The van der Waals surface area contributed by atoms with Crippen LogP contribution in [0, 0.1) is 0 Å². The van der Waals surface area contributed by atoms with Gasteiger partial charge in [-0.25, -0.2) is 19.1 Å². The second kappa shape index (κ2) is 9.15. The second-order valence-electron chi connectivity index (χ2n) is 7.42. The smallest absolute Gasteiger partial charge is 0.337 e. The highest BCUT2D eigenvalue weighted by Gasteiger charge is 2.25. The van der Waals surface area contributed by atoms with Gasteiger partial charge in [-0.15, -0.1) is 0 Å². The van der Waals surface area contributed by atoms with Crippen molar-refractivity contribution in [3.05, 3.63) is 87.3 Å². The third kappa shape index (κ3) is 3.93. The lowest BCUT2D eigenvalue weighted by atomic mass is 10.2. The number of esters is 1. The fraction of sp³-hybridized carbons (Fsp3) is 0.250. The van der Waals surface area contributed by atoms with Crippen LogP contribution in [-0.4, -0.2) is 38.4 Å². The Balaban J connectivity index is 2.05. The second-order valence-corrected chi connectivity index (χ2v) is 7.42. The Bertz CT molecular complexity index is 1420. The number of carbonyl (C=O) groups is 1. The molecule has 33 heavy (non-hydrogen) atoms. The van der Waals surface area contributed by atoms with E-state index >= 15 is 0 Å². The number of hydrogen-bond donors (Lipinski definition) is 0. The molecule has 2 aromatic carbocycles. The fourth-order valence-corrected chi connectivity index (χ4v) is 3.75. The van der Waals surface area contributed by atoms with Gasteiger partial charge in [-0.2, -0.15) is 0 Å². The first-order valence-electron chi connectivity index (χ1n) is 10.5. The number of ether oxygens (including phenoxy) is 2. The van der Waals surface area contributed by atoms with Crippen molar-refractivity contribution in [2.45, 2.75) is 26.4 Å². The minimum Gasteiger partial charge on any atom is -0.495 e. The zero-order valence-electron chi connectivity index (χ0n) is 18.6. The standard InChI is InChI=1S/C24H24N4O5/c1-4-33-23(30)16(2)27-15-25-21-20(27)22(29)26(14-17-10-6-5-7-11-17)24(31)28(21)18-12-8-9-13-19(18)32-3/h5-13,15-16H,4,14H2,1-3H3. The van der Waals surface area contributed by atoms with Crippen LogP contribution in [0.25, 0.3) is 16.9 Å². The molecule has 0 aliphatic carbocycles. The van der Waals surface area contributed by atoms with Crippen LogP contribution in [0.1, 0.15) is 25.5 Å². The monoisotopic (exact) mass is 448 g/mol. The van der Waals surface area contributed by atoms with Gasteiger partial charge in [0.05, 0.1) is 32.3 Å². The number of carbonyl (C=O) groups excluding carboxylic acids is 1. The van der Waals surface area contributed by atoms with E-state index < -0.39 is 23.3 Å². The minimum atomic E-state index is -0.809. The Labute approximate surface area is 189 Å². The van der Waals surface area contributed by atoms with Crippen molar-refractivity contribution in [1.82, 2.24) is 18.7 Å². The van der Waals surface area contributed by atoms with Crippen molar-refractivity contribution in [3.8, 4) is 11.4 Å². The molecular weight excluding hydrogens is 424 g/mol. The van der Waals surface area contributed by atoms with E-state index in [1.54, 1.807) is 38.1 Å². The van der Waals surface area contributed by atoms with Crippen molar-refractivity contribution in [2.75, 3.05) is 13.7 Å². The third-order valence-electron chi connectivity index (χ3n) is 5.41. The van der Waals surface area contributed by atoms with Crippen LogP contribution in [0.5, 0.6) is 5.75 Å². The lowest BCUT2D eigenvalue weighted by Crippen LogP contribution is -2.40. The number of nitrogens with zero attached hydrogens (tertiary/aromatic N) is 4. The van der Waals surface area contributed by atoms with E-state index in [0.717, 1.165) is 10.1 Å². The average Bonchev–Trinajstić information content (AvgIpc) is 3.27. The van der Waals surface area contributed by atoms with E-state index in [0.29, 0.717) is 11.4 Å². The Morgan fingerprint density at radius 3 is 2.45 bits per heavy atom. The average molecular weight is 448 g/mol. The van der Waals surface area contributed by atoms with Gasteiger partial charge in [0.25, 0.3) is 5.56 Å². The van der Waals surface area contributed by atoms with E-state index in [-0.39, 0.29) is 24.3 Å². The molecule has 0 bridgehead atoms. The molecule has 0 radical (unpaired) electrons. The highest BCUT2D eigenvalue weighted by Crippen LogP contribution is 2.24. The normalized spacial score (nSPS) is 12.0. The van der Waals surface area contributed by atoms with Gasteiger partial charge < -0.3 is 14.0 Å². The minimum absolute atomic E-state index is 0.0581. The molecule has 0 N–H and O–H groups in total. The molecule has 170 valence electrons. The molecule has 0 aliphatic heterocycles. The summed E-state index contributed by atoms with van der Waals surface area (Å²) in [5.41, 5.74) is 0.374. The molecule has 9 heteroatoms. The number of hydrogen-bond acceptors (Lipinski definition) is 6. The summed E-state index contributed by atoms with van der Waals surface area (Å²) in [6, 6.07) is 15.4. The summed E-state index contributed by atoms with van der Waals surface area (Å²) in [6.45, 7) is 3.60. The molecule has 9 nitrogen and oxygen atoms in total. The quantitative estimate of drug-likeness (QED) is 0.403. The van der Waals surface area contributed by atoms with E-state index in [1.807, 2.05) is 30.3 Å². The number of imidazole rings is 1. The molecule has 0 saturated carbocycles. The number of para-hydroxylation sites is 2. The lowest BCUT2D eigenvalue weighted by molar-refractivity contribution is -0.146. The molecule has 0 aliphatic rings. The van der Waals surface area contributed by atoms with Gasteiger partial charge in [0, 0.05) is 0 Å². The first kappa shape index (κ1) is 22.1. The van der Waals surface area contributed by atoms with E-state index in [9.17, 15) is 14.4 Å². The number of methoxy groups -OCH3 is 1. The van der Waals surface area contributed by atoms with Crippen molar-refractivity contribution in [1.29, 1.82) is 0 Å². The Morgan fingerprint density at radius 1 is 1.06 bits per heavy atom. The number of benzene rings is 2. The molecule has 4 rings (SSSR count). The summed E-state index contributed by atoms with van der Waals surface area (Å²) in [7, 11) is 1.50. The summed E-state index contributed by atoms with van der Waals surface area (Å²) in [4.78, 5) is 44.0. The molecule has 0 spiro atoms. The van der Waals surface area contributed by atoms with Gasteiger partial charge in [-0.3, -0.25) is 9.36 Å². The van der Waals surface area contributed by atoms with Crippen LogP contribution in [0.4, 0.5) is 0 Å². The van der Waals surface area contributed by atoms with Gasteiger partial charge in [-0.1, -0.05) is 42.5 Å². The molecule has 0 fully saturated rings. The highest BCUT2D eigenvalue weighted by molar-refractivity contribution is 5.79. The SMILES string of the molecule is CCOC(=O)C(C)n1cnc2c1c(=O)n(Cc1ccccc1)c(=O)n2-c1ccccc1OC. The first-order valence-corrected chi connectivity index (χ1v) is 10.5. The zero-order valence-corrected chi connectivity index (χ0v) is 18.6. The van der Waals surface area contributed by atoms with Gasteiger partial charge in [-0.05, 0) is 31.5 Å². The maximum atomic E-state index is 13.6. The van der Waals surface area contributed by atoms with Crippen molar-refractivity contribution in [2.24, 2.45) is 0 Å². The Kier molecular flexibility index (Phi) is 6.12.